The highest BCUT2D eigenvalue weighted by molar-refractivity contribution is 5.92. The van der Waals surface area contributed by atoms with Crippen molar-refractivity contribution in [2.24, 2.45) is 0 Å². The minimum atomic E-state index is -4.38. The van der Waals surface area contributed by atoms with E-state index in [4.69, 9.17) is 0 Å². The molecule has 2 N–H and O–H groups in total. The van der Waals surface area contributed by atoms with Crippen LogP contribution in [0.4, 0.5) is 24.7 Å². The average molecular weight is 386 g/mol. The number of hydrogen-bond donors (Lipinski definition) is 2. The van der Waals surface area contributed by atoms with Gasteiger partial charge in [-0.25, -0.2) is 0 Å². The summed E-state index contributed by atoms with van der Waals surface area (Å²) in [6, 6.07) is 15.3. The number of aryl methyl sites for hydroxylation is 1. The molecule has 144 valence electrons. The van der Waals surface area contributed by atoms with Crippen LogP contribution in [-0.4, -0.2) is 16.1 Å². The van der Waals surface area contributed by atoms with E-state index in [-0.39, 0.29) is 11.6 Å². The summed E-state index contributed by atoms with van der Waals surface area (Å²) in [5.41, 5.74) is 1.92. The van der Waals surface area contributed by atoms with Crippen molar-refractivity contribution in [3.8, 4) is 0 Å². The van der Waals surface area contributed by atoms with Crippen LogP contribution < -0.4 is 10.6 Å². The molecule has 8 heteroatoms. The molecule has 1 aromatic heterocycles. The number of carbonyl (C=O) groups is 1. The third kappa shape index (κ3) is 4.85. The van der Waals surface area contributed by atoms with E-state index in [0.717, 1.165) is 23.3 Å². The molecular weight excluding hydrogens is 369 g/mol. The van der Waals surface area contributed by atoms with Gasteiger partial charge in [0, 0.05) is 12.2 Å². The summed E-state index contributed by atoms with van der Waals surface area (Å²) in [5.74, 6) is -0.0490. The first-order valence-corrected chi connectivity index (χ1v) is 8.43. The molecule has 2 aromatic carbocycles. The molecule has 0 fully saturated rings. The topological polar surface area (TPSA) is 66.9 Å². The van der Waals surface area contributed by atoms with Gasteiger partial charge < -0.3 is 10.6 Å². The molecule has 0 aliphatic rings. The Kier molecular flexibility index (Phi) is 5.58. The highest BCUT2D eigenvalue weighted by Gasteiger charge is 2.29. The zero-order valence-electron chi connectivity index (χ0n) is 14.9. The molecule has 3 aromatic rings. The summed E-state index contributed by atoms with van der Waals surface area (Å²) in [4.78, 5) is 12.2. The maximum atomic E-state index is 12.6. The van der Waals surface area contributed by atoms with Crippen molar-refractivity contribution in [3.63, 3.8) is 0 Å². The van der Waals surface area contributed by atoms with E-state index in [1.54, 1.807) is 0 Å². The number of aromatic nitrogens is 2. The largest absolute Gasteiger partial charge is 0.416 e. The lowest BCUT2D eigenvalue weighted by molar-refractivity contribution is -0.137. The summed E-state index contributed by atoms with van der Waals surface area (Å²) in [6.07, 6.45) is -4.38. The van der Waals surface area contributed by atoms with Gasteiger partial charge in [-0.05, 0) is 54.4 Å². The molecule has 0 saturated carbocycles. The monoisotopic (exact) mass is 386 g/mol. The van der Waals surface area contributed by atoms with Crippen molar-refractivity contribution in [2.45, 2.75) is 19.6 Å². The molecule has 0 spiro atoms. The van der Waals surface area contributed by atoms with Crippen molar-refractivity contribution in [1.82, 2.24) is 15.5 Å². The highest BCUT2D eigenvalue weighted by atomic mass is 19.4. The van der Waals surface area contributed by atoms with Crippen LogP contribution >= 0.6 is 0 Å². The van der Waals surface area contributed by atoms with Gasteiger partial charge in [-0.1, -0.05) is 24.3 Å². The van der Waals surface area contributed by atoms with Crippen LogP contribution in [0.15, 0.2) is 60.7 Å². The first-order valence-electron chi connectivity index (χ1n) is 8.43. The van der Waals surface area contributed by atoms with E-state index < -0.39 is 11.7 Å². The number of nitrogens with one attached hydrogen (secondary N) is 2. The first-order chi connectivity index (χ1) is 13.3. The number of anilines is 2. The van der Waals surface area contributed by atoms with Crippen molar-refractivity contribution in [3.05, 3.63) is 83.0 Å². The SMILES string of the molecule is Cc1ccccc1CNC(=O)c1ccc(Nc2ccc(C(F)(F)F)cc2)nn1. The summed E-state index contributed by atoms with van der Waals surface area (Å²) in [6.45, 7) is 2.34. The molecule has 0 aliphatic heterocycles. The fourth-order valence-electron chi connectivity index (χ4n) is 2.48. The van der Waals surface area contributed by atoms with Gasteiger partial charge in [0.05, 0.1) is 5.56 Å². The Balaban J connectivity index is 1.60. The number of nitrogens with zero attached hydrogens (tertiary/aromatic N) is 2. The van der Waals surface area contributed by atoms with E-state index >= 15 is 0 Å². The second-order valence-corrected chi connectivity index (χ2v) is 6.11. The summed E-state index contributed by atoms with van der Waals surface area (Å²) < 4.78 is 37.7. The predicted octanol–water partition coefficient (Wildman–Crippen LogP) is 4.48. The second kappa shape index (κ2) is 8.08. The number of carbonyl (C=O) groups excluding carboxylic acids is 1. The van der Waals surface area contributed by atoms with E-state index in [1.165, 1.54) is 24.3 Å². The summed E-state index contributed by atoms with van der Waals surface area (Å²) >= 11 is 0. The van der Waals surface area contributed by atoms with E-state index in [1.807, 2.05) is 31.2 Å². The standard InChI is InChI=1S/C20H17F3N4O/c1-13-4-2-3-5-14(13)12-24-19(28)17-10-11-18(27-26-17)25-16-8-6-15(7-9-16)20(21,22)23/h2-11H,12H2,1H3,(H,24,28)(H,25,27). The van der Waals surface area contributed by atoms with Crippen LogP contribution in [0.25, 0.3) is 0 Å². The maximum Gasteiger partial charge on any atom is 0.416 e. The maximum absolute atomic E-state index is 12.6. The minimum absolute atomic E-state index is 0.145. The minimum Gasteiger partial charge on any atom is -0.347 e. The van der Waals surface area contributed by atoms with Crippen LogP contribution in [0.1, 0.15) is 27.2 Å². The number of alkyl halides is 3. The van der Waals surface area contributed by atoms with Gasteiger partial charge in [-0.15, -0.1) is 10.2 Å². The normalized spacial score (nSPS) is 11.1. The smallest absolute Gasteiger partial charge is 0.347 e. The summed E-state index contributed by atoms with van der Waals surface area (Å²) in [5, 5.41) is 13.4. The Bertz CT molecular complexity index is 954. The molecule has 0 aliphatic carbocycles. The van der Waals surface area contributed by atoms with Crippen molar-refractivity contribution < 1.29 is 18.0 Å². The fourth-order valence-corrected chi connectivity index (χ4v) is 2.48. The number of halogens is 3. The lowest BCUT2D eigenvalue weighted by Crippen LogP contribution is -2.24. The van der Waals surface area contributed by atoms with Crippen LogP contribution in [0.5, 0.6) is 0 Å². The van der Waals surface area contributed by atoms with Crippen molar-refractivity contribution in [1.29, 1.82) is 0 Å². The Morgan fingerprint density at radius 2 is 1.68 bits per heavy atom. The highest BCUT2D eigenvalue weighted by Crippen LogP contribution is 2.30. The Morgan fingerprint density at radius 1 is 0.964 bits per heavy atom. The molecular formula is C20H17F3N4O. The number of hydrogen-bond acceptors (Lipinski definition) is 4. The Morgan fingerprint density at radius 3 is 2.29 bits per heavy atom. The third-order valence-electron chi connectivity index (χ3n) is 4.08. The molecule has 5 nitrogen and oxygen atoms in total. The first kappa shape index (κ1) is 19.3. The molecule has 28 heavy (non-hydrogen) atoms. The molecule has 1 amide bonds. The van der Waals surface area contributed by atoms with Gasteiger partial charge in [0.2, 0.25) is 0 Å². The Hall–Kier alpha value is -3.42. The molecule has 0 bridgehead atoms. The number of amides is 1. The lowest BCUT2D eigenvalue weighted by atomic mass is 10.1. The van der Waals surface area contributed by atoms with Crippen LogP contribution in [-0.2, 0) is 12.7 Å². The van der Waals surface area contributed by atoms with Gasteiger partial charge in [0.25, 0.3) is 5.91 Å². The number of benzene rings is 2. The van der Waals surface area contributed by atoms with Gasteiger partial charge >= 0.3 is 6.18 Å². The van der Waals surface area contributed by atoms with Crippen LogP contribution in [0, 0.1) is 6.92 Å². The zero-order valence-corrected chi connectivity index (χ0v) is 14.9. The predicted molar refractivity (Wildman–Crippen MR) is 99.1 cm³/mol. The van der Waals surface area contributed by atoms with E-state index in [2.05, 4.69) is 20.8 Å². The van der Waals surface area contributed by atoms with Crippen LogP contribution in [0.2, 0.25) is 0 Å². The lowest BCUT2D eigenvalue weighted by Gasteiger charge is -2.09. The molecule has 0 unspecified atom stereocenters. The quantitative estimate of drug-likeness (QED) is 0.679. The fraction of sp³-hybridized carbons (Fsp3) is 0.150. The van der Waals surface area contributed by atoms with Crippen molar-refractivity contribution >= 4 is 17.4 Å². The van der Waals surface area contributed by atoms with Crippen LogP contribution in [0.3, 0.4) is 0 Å². The van der Waals surface area contributed by atoms with Gasteiger partial charge in [-0.2, -0.15) is 13.2 Å². The third-order valence-corrected chi connectivity index (χ3v) is 4.08. The Labute approximate surface area is 159 Å². The molecule has 0 saturated heterocycles. The van der Waals surface area contributed by atoms with Crippen molar-refractivity contribution in [2.75, 3.05) is 5.32 Å². The van der Waals surface area contributed by atoms with Gasteiger partial charge in [-0.3, -0.25) is 4.79 Å². The molecule has 0 radical (unpaired) electrons. The second-order valence-electron chi connectivity index (χ2n) is 6.11. The van der Waals surface area contributed by atoms with E-state index in [0.29, 0.717) is 18.1 Å². The molecule has 1 heterocycles. The van der Waals surface area contributed by atoms with Gasteiger partial charge in [0.1, 0.15) is 0 Å². The molecule has 0 atom stereocenters. The average Bonchev–Trinajstić information content (AvgIpc) is 2.67. The van der Waals surface area contributed by atoms with Gasteiger partial charge in [0.15, 0.2) is 11.5 Å². The summed E-state index contributed by atoms with van der Waals surface area (Å²) in [7, 11) is 0. The van der Waals surface area contributed by atoms with E-state index in [9.17, 15) is 18.0 Å². The zero-order chi connectivity index (χ0) is 20.1. The molecule has 3 rings (SSSR count). The number of rotatable bonds is 5.